The molecule has 0 atom stereocenters. The minimum absolute atomic E-state index is 0.0237. The fourth-order valence-corrected chi connectivity index (χ4v) is 8.88. The van der Waals surface area contributed by atoms with E-state index in [1.165, 1.54) is 0 Å². The Morgan fingerprint density at radius 2 is 0.533 bits per heavy atom. The first kappa shape index (κ1) is 61.4. The van der Waals surface area contributed by atoms with Gasteiger partial charge in [0.15, 0.2) is 0 Å². The molecule has 0 aliphatic carbocycles. The molecule has 0 radical (unpaired) electrons. The van der Waals surface area contributed by atoms with Gasteiger partial charge in [-0.05, 0) is 82.6 Å². The van der Waals surface area contributed by atoms with Crippen molar-refractivity contribution in [3.8, 4) is 17.2 Å². The number of phenolic OH excluding ortho intramolecular Hbond substituents is 3. The van der Waals surface area contributed by atoms with Crippen LogP contribution in [0.15, 0.2) is 50.8 Å². The standard InChI is InChI=1S/C60H87N3O12/c1-55(2,3)40-31-37(32-41(49(40)67)56(4,5)6)22-28-73-46(64)19-25-61-52(70)62(26-20-47(65)74-29-23-38-33-42(57(7,8)9)50(68)43(34-38)58(10,11)12)54(72)63(53(61)71)27-21-48(66)75-30-24-39-35-44(59(13,14)15)51(69)45(36-39)60(16,17)18/h31-36,67-69H,19-30H2,1-18H3. The molecule has 15 heteroatoms. The van der Waals surface area contributed by atoms with E-state index in [0.717, 1.165) is 63.8 Å². The van der Waals surface area contributed by atoms with E-state index in [0.29, 0.717) is 19.3 Å². The molecule has 4 rings (SSSR count). The molecule has 0 unspecified atom stereocenters. The van der Waals surface area contributed by atoms with Crippen LogP contribution >= 0.6 is 0 Å². The molecule has 15 nitrogen and oxygen atoms in total. The fourth-order valence-electron chi connectivity index (χ4n) is 8.88. The predicted molar refractivity (Wildman–Crippen MR) is 294 cm³/mol. The molecular weight excluding hydrogens is 955 g/mol. The second-order valence-corrected chi connectivity index (χ2v) is 26.1. The van der Waals surface area contributed by atoms with Gasteiger partial charge < -0.3 is 29.5 Å². The number of hydrogen-bond donors (Lipinski definition) is 3. The smallest absolute Gasteiger partial charge is 0.336 e. The number of nitrogens with zero attached hydrogens (tertiary/aromatic N) is 3. The average molecular weight is 1040 g/mol. The van der Waals surface area contributed by atoms with Crippen molar-refractivity contribution in [3.05, 3.63) is 118 Å². The summed E-state index contributed by atoms with van der Waals surface area (Å²) >= 11 is 0. The zero-order valence-electron chi connectivity index (χ0n) is 48.3. The second-order valence-electron chi connectivity index (χ2n) is 26.1. The van der Waals surface area contributed by atoms with Crippen molar-refractivity contribution in [1.29, 1.82) is 0 Å². The van der Waals surface area contributed by atoms with E-state index in [4.69, 9.17) is 14.2 Å². The lowest BCUT2D eigenvalue weighted by molar-refractivity contribution is -0.144. The third kappa shape index (κ3) is 16.2. The summed E-state index contributed by atoms with van der Waals surface area (Å²) < 4.78 is 18.9. The molecule has 1 heterocycles. The average Bonchev–Trinajstić information content (AvgIpc) is 3.25. The molecule has 0 amide bonds. The molecule has 3 aromatic carbocycles. The van der Waals surface area contributed by atoms with Gasteiger partial charge in [0.05, 0.1) is 39.1 Å². The van der Waals surface area contributed by atoms with Crippen molar-refractivity contribution < 1.29 is 43.9 Å². The highest BCUT2D eigenvalue weighted by molar-refractivity contribution is 5.70. The van der Waals surface area contributed by atoms with Gasteiger partial charge in [-0.15, -0.1) is 0 Å². The minimum Gasteiger partial charge on any atom is -0.507 e. The van der Waals surface area contributed by atoms with Crippen LogP contribution in [0.4, 0.5) is 0 Å². The lowest BCUT2D eigenvalue weighted by Crippen LogP contribution is -2.55. The molecule has 0 bridgehead atoms. The highest BCUT2D eigenvalue weighted by Gasteiger charge is 2.30. The summed E-state index contributed by atoms with van der Waals surface area (Å²) in [6.45, 7) is 34.6. The SMILES string of the molecule is CC(C)(C)c1cc(CCOC(=O)CCn2c(=O)n(CCC(=O)OCCc3cc(C(C)(C)C)c(O)c(C(C)(C)C)c3)c(=O)n(CCC(=O)OCCc3cc(C(C)(C)C)c(O)c(C(C)(C)C)c3)c2=O)cc(C(C)(C)C)c1O. The van der Waals surface area contributed by atoms with Gasteiger partial charge in [-0.3, -0.25) is 14.4 Å². The molecule has 1 aromatic heterocycles. The molecule has 0 aliphatic rings. The summed E-state index contributed by atoms with van der Waals surface area (Å²) in [6.07, 6.45) is -0.246. The number of esters is 3. The summed E-state index contributed by atoms with van der Waals surface area (Å²) in [5.41, 5.74) is 1.82. The summed E-state index contributed by atoms with van der Waals surface area (Å²) in [5, 5.41) is 33.5. The number of benzene rings is 3. The van der Waals surface area contributed by atoms with Crippen LogP contribution in [0.1, 0.15) is 194 Å². The molecular formula is C60H87N3O12. The van der Waals surface area contributed by atoms with Crippen LogP contribution in [0, 0.1) is 0 Å². The Morgan fingerprint density at radius 3 is 0.693 bits per heavy atom. The first-order valence-electron chi connectivity index (χ1n) is 26.2. The van der Waals surface area contributed by atoms with Gasteiger partial charge in [0.1, 0.15) is 17.2 Å². The van der Waals surface area contributed by atoms with Crippen LogP contribution in [0.3, 0.4) is 0 Å². The molecule has 414 valence electrons. The van der Waals surface area contributed by atoms with Gasteiger partial charge in [0.25, 0.3) is 0 Å². The highest BCUT2D eigenvalue weighted by atomic mass is 16.5. The van der Waals surface area contributed by atoms with Gasteiger partial charge in [0, 0.05) is 38.9 Å². The molecule has 0 aliphatic heterocycles. The Labute approximate surface area is 444 Å². The van der Waals surface area contributed by atoms with Crippen LogP contribution < -0.4 is 17.1 Å². The predicted octanol–water partition coefficient (Wildman–Crippen LogP) is 9.60. The number of ether oxygens (including phenoxy) is 3. The largest absolute Gasteiger partial charge is 0.507 e. The Hall–Kier alpha value is -6.12. The summed E-state index contributed by atoms with van der Waals surface area (Å²) in [7, 11) is 0. The third-order valence-corrected chi connectivity index (χ3v) is 13.3. The van der Waals surface area contributed by atoms with Crippen LogP contribution in [-0.4, -0.2) is 66.7 Å². The van der Waals surface area contributed by atoms with E-state index in [-0.39, 0.29) is 69.6 Å². The number of hydrogen-bond acceptors (Lipinski definition) is 12. The fraction of sp³-hybridized carbons (Fsp3) is 0.600. The highest BCUT2D eigenvalue weighted by Crippen LogP contribution is 2.42. The number of aromatic nitrogens is 3. The van der Waals surface area contributed by atoms with Gasteiger partial charge in [-0.25, -0.2) is 28.1 Å². The Morgan fingerprint density at radius 1 is 0.360 bits per heavy atom. The molecule has 4 aromatic rings. The van der Waals surface area contributed by atoms with E-state index in [1.807, 2.05) is 161 Å². The van der Waals surface area contributed by atoms with Gasteiger partial charge >= 0.3 is 35.0 Å². The molecule has 0 spiro atoms. The quantitative estimate of drug-likeness (QED) is 0.0629. The minimum atomic E-state index is -1.05. The van der Waals surface area contributed by atoms with E-state index in [1.54, 1.807) is 0 Å². The van der Waals surface area contributed by atoms with Crippen molar-refractivity contribution >= 4 is 17.9 Å². The van der Waals surface area contributed by atoms with Crippen LogP contribution in [0.5, 0.6) is 17.2 Å². The summed E-state index contributed by atoms with van der Waals surface area (Å²) in [5.74, 6) is -1.44. The summed E-state index contributed by atoms with van der Waals surface area (Å²) in [6, 6.07) is 11.4. The monoisotopic (exact) mass is 1040 g/mol. The van der Waals surface area contributed by atoms with Crippen LogP contribution in [0.2, 0.25) is 0 Å². The van der Waals surface area contributed by atoms with Crippen molar-refractivity contribution in [2.75, 3.05) is 19.8 Å². The van der Waals surface area contributed by atoms with Crippen molar-refractivity contribution in [1.82, 2.24) is 13.7 Å². The molecule has 75 heavy (non-hydrogen) atoms. The third-order valence-electron chi connectivity index (χ3n) is 13.3. The zero-order valence-corrected chi connectivity index (χ0v) is 48.3. The number of phenols is 3. The van der Waals surface area contributed by atoms with E-state index >= 15 is 0 Å². The maximum Gasteiger partial charge on any atom is 0.336 e. The van der Waals surface area contributed by atoms with Crippen molar-refractivity contribution in [3.63, 3.8) is 0 Å². The topological polar surface area (TPSA) is 206 Å². The Kier molecular flexibility index (Phi) is 19.2. The van der Waals surface area contributed by atoms with E-state index in [9.17, 15) is 44.1 Å². The van der Waals surface area contributed by atoms with Crippen molar-refractivity contribution in [2.45, 2.75) is 215 Å². The first-order valence-corrected chi connectivity index (χ1v) is 26.2. The van der Waals surface area contributed by atoms with Crippen LogP contribution in [-0.2, 0) is 100.0 Å². The van der Waals surface area contributed by atoms with Crippen LogP contribution in [0.25, 0.3) is 0 Å². The molecule has 3 N–H and O–H groups in total. The number of aromatic hydroxyl groups is 3. The molecule has 0 fully saturated rings. The second kappa shape index (κ2) is 23.4. The van der Waals surface area contributed by atoms with E-state index < -0.39 is 73.9 Å². The van der Waals surface area contributed by atoms with Gasteiger partial charge in [0.2, 0.25) is 0 Å². The van der Waals surface area contributed by atoms with Crippen molar-refractivity contribution in [2.24, 2.45) is 0 Å². The maximum atomic E-state index is 14.0. The Bertz CT molecular complexity index is 2460. The zero-order chi connectivity index (χ0) is 57.0. The number of rotatable bonds is 18. The van der Waals surface area contributed by atoms with Gasteiger partial charge in [-0.2, -0.15) is 0 Å². The Balaban J connectivity index is 1.55. The lowest BCUT2D eigenvalue weighted by atomic mass is 9.78. The first-order chi connectivity index (χ1) is 34.2. The van der Waals surface area contributed by atoms with Gasteiger partial charge in [-0.1, -0.05) is 161 Å². The number of carbonyl (C=O) groups is 3. The maximum absolute atomic E-state index is 14.0. The number of carbonyl (C=O) groups excluding carboxylic acids is 3. The lowest BCUT2D eigenvalue weighted by Gasteiger charge is -2.28. The molecule has 0 saturated heterocycles. The molecule has 0 saturated carbocycles. The summed E-state index contributed by atoms with van der Waals surface area (Å²) in [4.78, 5) is 81.5. The van der Waals surface area contributed by atoms with E-state index in [2.05, 4.69) is 0 Å². The normalized spacial score (nSPS) is 12.7.